The van der Waals surface area contributed by atoms with Gasteiger partial charge in [0.15, 0.2) is 0 Å². The van der Waals surface area contributed by atoms with Crippen molar-refractivity contribution >= 4 is 28.9 Å². The quantitative estimate of drug-likeness (QED) is 0.844. The summed E-state index contributed by atoms with van der Waals surface area (Å²) < 4.78 is 38.0. The topological polar surface area (TPSA) is 41.1 Å². The van der Waals surface area contributed by atoms with Crippen molar-refractivity contribution in [2.24, 2.45) is 0 Å². The minimum absolute atomic E-state index is 0.0437. The van der Waals surface area contributed by atoms with Crippen molar-refractivity contribution in [1.29, 1.82) is 0 Å². The molecule has 0 radical (unpaired) electrons. The lowest BCUT2D eigenvalue weighted by Gasteiger charge is -2.13. The molecule has 0 aromatic heterocycles. The Morgan fingerprint density at radius 2 is 1.83 bits per heavy atom. The van der Waals surface area contributed by atoms with Crippen LogP contribution in [0.15, 0.2) is 42.5 Å². The van der Waals surface area contributed by atoms with Crippen LogP contribution in [0.2, 0.25) is 5.02 Å². The molecular formula is C16H14ClF3N2O. The highest BCUT2D eigenvalue weighted by atomic mass is 35.5. The molecule has 1 amide bonds. The minimum Gasteiger partial charge on any atom is -0.376 e. The van der Waals surface area contributed by atoms with E-state index in [1.165, 1.54) is 0 Å². The highest BCUT2D eigenvalue weighted by Crippen LogP contribution is 2.33. The molecule has 0 fully saturated rings. The number of aryl methyl sites for hydroxylation is 1. The normalized spacial score (nSPS) is 11.2. The molecule has 0 atom stereocenters. The predicted molar refractivity (Wildman–Crippen MR) is 84.8 cm³/mol. The minimum atomic E-state index is -4.50. The molecule has 0 unspecified atom stereocenters. The molecule has 2 rings (SSSR count). The molecule has 7 heteroatoms. The third-order valence-electron chi connectivity index (χ3n) is 3.15. The van der Waals surface area contributed by atoms with Crippen molar-refractivity contribution in [2.75, 3.05) is 17.2 Å². The van der Waals surface area contributed by atoms with Gasteiger partial charge in [-0.15, -0.1) is 0 Å². The maximum Gasteiger partial charge on any atom is 0.416 e. The van der Waals surface area contributed by atoms with Crippen molar-refractivity contribution in [3.8, 4) is 0 Å². The summed E-state index contributed by atoms with van der Waals surface area (Å²) in [6, 6.07) is 10.1. The zero-order valence-electron chi connectivity index (χ0n) is 12.2. The monoisotopic (exact) mass is 342 g/mol. The summed E-state index contributed by atoms with van der Waals surface area (Å²) in [4.78, 5) is 11.9. The second-order valence-corrected chi connectivity index (χ2v) is 5.32. The molecule has 0 aliphatic heterocycles. The summed E-state index contributed by atoms with van der Waals surface area (Å²) in [7, 11) is 0. The number of amides is 1. The van der Waals surface area contributed by atoms with Crippen LogP contribution in [-0.2, 0) is 11.0 Å². The average molecular weight is 343 g/mol. The Balaban J connectivity index is 2.04. The summed E-state index contributed by atoms with van der Waals surface area (Å²) in [5.41, 5.74) is 0.789. The molecular weight excluding hydrogens is 329 g/mol. The summed E-state index contributed by atoms with van der Waals surface area (Å²) >= 11 is 5.83. The Kier molecular flexibility index (Phi) is 5.15. The van der Waals surface area contributed by atoms with Gasteiger partial charge in [0.1, 0.15) is 0 Å². The van der Waals surface area contributed by atoms with E-state index in [9.17, 15) is 18.0 Å². The fourth-order valence-corrected chi connectivity index (χ4v) is 2.10. The van der Waals surface area contributed by atoms with Crippen molar-refractivity contribution in [3.63, 3.8) is 0 Å². The smallest absolute Gasteiger partial charge is 0.376 e. The number of nitrogens with one attached hydrogen (secondary N) is 2. The number of alkyl halides is 3. The number of halogens is 4. The molecule has 2 aromatic rings. The van der Waals surface area contributed by atoms with E-state index < -0.39 is 17.6 Å². The van der Waals surface area contributed by atoms with Gasteiger partial charge in [0.2, 0.25) is 5.91 Å². The molecule has 0 spiro atoms. The van der Waals surface area contributed by atoms with Gasteiger partial charge in [-0.3, -0.25) is 4.79 Å². The number of carbonyl (C=O) groups is 1. The standard InChI is InChI=1S/C16H14ClF3N2O/c1-10-4-2-3-5-13(10)21-9-15(23)22-14-8-11(16(18,19)20)6-7-12(14)17/h2-8,21H,9H2,1H3,(H,22,23). The number of hydrogen-bond donors (Lipinski definition) is 2. The molecule has 23 heavy (non-hydrogen) atoms. The predicted octanol–water partition coefficient (Wildman–Crippen LogP) is 4.72. The van der Waals surface area contributed by atoms with E-state index in [0.29, 0.717) is 0 Å². The van der Waals surface area contributed by atoms with Gasteiger partial charge >= 0.3 is 6.18 Å². The molecule has 122 valence electrons. The van der Waals surface area contributed by atoms with Gasteiger partial charge in [-0.1, -0.05) is 29.8 Å². The van der Waals surface area contributed by atoms with Gasteiger partial charge in [0.25, 0.3) is 0 Å². The SMILES string of the molecule is Cc1ccccc1NCC(=O)Nc1cc(C(F)(F)F)ccc1Cl. The van der Waals surface area contributed by atoms with Crippen LogP contribution in [-0.4, -0.2) is 12.5 Å². The average Bonchev–Trinajstić information content (AvgIpc) is 2.47. The summed E-state index contributed by atoms with van der Waals surface area (Å²) in [6.07, 6.45) is -4.50. The fourth-order valence-electron chi connectivity index (χ4n) is 1.94. The molecule has 0 saturated carbocycles. The first-order chi connectivity index (χ1) is 10.8. The Labute approximate surface area is 136 Å². The van der Waals surface area contributed by atoms with Crippen LogP contribution in [0.4, 0.5) is 24.5 Å². The van der Waals surface area contributed by atoms with Crippen LogP contribution in [0.3, 0.4) is 0 Å². The van der Waals surface area contributed by atoms with Crippen molar-refractivity contribution in [1.82, 2.24) is 0 Å². The van der Waals surface area contributed by atoms with E-state index in [4.69, 9.17) is 11.6 Å². The first-order valence-electron chi connectivity index (χ1n) is 6.73. The van der Waals surface area contributed by atoms with E-state index in [-0.39, 0.29) is 17.3 Å². The maximum absolute atomic E-state index is 12.7. The molecule has 0 bridgehead atoms. The maximum atomic E-state index is 12.7. The molecule has 0 saturated heterocycles. The number of anilines is 2. The van der Waals surface area contributed by atoms with Crippen LogP contribution in [0.25, 0.3) is 0 Å². The van der Waals surface area contributed by atoms with Crippen LogP contribution < -0.4 is 10.6 Å². The molecule has 2 N–H and O–H groups in total. The van der Waals surface area contributed by atoms with Crippen molar-refractivity contribution < 1.29 is 18.0 Å². The second-order valence-electron chi connectivity index (χ2n) is 4.91. The number of carbonyl (C=O) groups excluding carboxylic acids is 1. The Morgan fingerprint density at radius 1 is 1.13 bits per heavy atom. The highest BCUT2D eigenvalue weighted by Gasteiger charge is 2.31. The number of para-hydroxylation sites is 1. The van der Waals surface area contributed by atoms with Crippen LogP contribution in [0.5, 0.6) is 0 Å². The van der Waals surface area contributed by atoms with Gasteiger partial charge in [0, 0.05) is 5.69 Å². The molecule has 0 aliphatic rings. The molecule has 3 nitrogen and oxygen atoms in total. The second kappa shape index (κ2) is 6.91. The molecule has 0 heterocycles. The Morgan fingerprint density at radius 3 is 2.48 bits per heavy atom. The van der Waals surface area contributed by atoms with Crippen LogP contribution >= 0.6 is 11.6 Å². The van der Waals surface area contributed by atoms with Gasteiger partial charge < -0.3 is 10.6 Å². The number of hydrogen-bond acceptors (Lipinski definition) is 2. The first kappa shape index (κ1) is 17.1. The summed E-state index contributed by atoms with van der Waals surface area (Å²) in [5, 5.41) is 5.34. The van der Waals surface area contributed by atoms with E-state index in [1.807, 2.05) is 25.1 Å². The largest absolute Gasteiger partial charge is 0.416 e. The third-order valence-corrected chi connectivity index (χ3v) is 3.48. The zero-order chi connectivity index (χ0) is 17.0. The third kappa shape index (κ3) is 4.63. The van der Waals surface area contributed by atoms with Gasteiger partial charge in [-0.2, -0.15) is 13.2 Å². The van der Waals surface area contributed by atoms with E-state index in [2.05, 4.69) is 10.6 Å². The van der Waals surface area contributed by atoms with Crippen LogP contribution in [0.1, 0.15) is 11.1 Å². The Bertz CT molecular complexity index is 717. The van der Waals surface area contributed by atoms with E-state index in [1.54, 1.807) is 6.07 Å². The van der Waals surface area contributed by atoms with Crippen molar-refractivity contribution in [2.45, 2.75) is 13.1 Å². The summed E-state index contributed by atoms with van der Waals surface area (Å²) in [6.45, 7) is 1.79. The molecule has 0 aliphatic carbocycles. The van der Waals surface area contributed by atoms with E-state index in [0.717, 1.165) is 29.4 Å². The van der Waals surface area contributed by atoms with E-state index >= 15 is 0 Å². The highest BCUT2D eigenvalue weighted by molar-refractivity contribution is 6.33. The lowest BCUT2D eigenvalue weighted by Crippen LogP contribution is -2.22. The number of benzene rings is 2. The number of rotatable bonds is 4. The van der Waals surface area contributed by atoms with Gasteiger partial charge in [-0.25, -0.2) is 0 Å². The lowest BCUT2D eigenvalue weighted by atomic mass is 10.2. The summed E-state index contributed by atoms with van der Waals surface area (Å²) in [5.74, 6) is -0.491. The van der Waals surface area contributed by atoms with Gasteiger partial charge in [-0.05, 0) is 36.8 Å². The van der Waals surface area contributed by atoms with Gasteiger partial charge in [0.05, 0.1) is 22.8 Å². The van der Waals surface area contributed by atoms with Crippen LogP contribution in [0, 0.1) is 6.92 Å². The van der Waals surface area contributed by atoms with Crippen molar-refractivity contribution in [3.05, 3.63) is 58.6 Å². The molecule has 2 aromatic carbocycles. The first-order valence-corrected chi connectivity index (χ1v) is 7.11. The lowest BCUT2D eigenvalue weighted by molar-refractivity contribution is -0.137. The zero-order valence-corrected chi connectivity index (χ0v) is 12.9. The Hall–Kier alpha value is -2.21. The fraction of sp³-hybridized carbons (Fsp3) is 0.188.